The highest BCUT2D eigenvalue weighted by atomic mass is 35.5. The zero-order chi connectivity index (χ0) is 22.4. The van der Waals surface area contributed by atoms with Crippen LogP contribution in [-0.4, -0.2) is 44.7 Å². The number of benzene rings is 1. The lowest BCUT2D eigenvalue weighted by atomic mass is 10.2. The van der Waals surface area contributed by atoms with Gasteiger partial charge >= 0.3 is 5.69 Å². The van der Waals surface area contributed by atoms with Crippen molar-refractivity contribution in [2.75, 3.05) is 25.3 Å². The molecule has 31 heavy (non-hydrogen) atoms. The van der Waals surface area contributed by atoms with Gasteiger partial charge in [-0.2, -0.15) is 10.1 Å². The van der Waals surface area contributed by atoms with Gasteiger partial charge < -0.3 is 4.74 Å². The lowest BCUT2D eigenvalue weighted by Gasteiger charge is -2.29. The zero-order valence-electron chi connectivity index (χ0n) is 17.6. The predicted octanol–water partition coefficient (Wildman–Crippen LogP) is 2.14. The van der Waals surface area contributed by atoms with Crippen LogP contribution in [0.25, 0.3) is 11.2 Å². The van der Waals surface area contributed by atoms with E-state index < -0.39 is 17.1 Å². The first-order valence-electron chi connectivity index (χ1n) is 9.72. The first kappa shape index (κ1) is 21.3. The summed E-state index contributed by atoms with van der Waals surface area (Å²) in [6, 6.07) is 3.97. The third-order valence-corrected chi connectivity index (χ3v) is 5.90. The molecule has 0 spiro atoms. The molecule has 164 valence electrons. The van der Waals surface area contributed by atoms with Crippen LogP contribution in [0.15, 0.2) is 32.9 Å². The van der Waals surface area contributed by atoms with Crippen LogP contribution in [0.4, 0.5) is 10.3 Å². The summed E-state index contributed by atoms with van der Waals surface area (Å²) in [7, 11) is 3.11. The van der Waals surface area contributed by atoms with Crippen molar-refractivity contribution in [2.45, 2.75) is 26.4 Å². The Morgan fingerprint density at radius 1 is 1.29 bits per heavy atom. The van der Waals surface area contributed by atoms with Crippen molar-refractivity contribution in [2.24, 2.45) is 12.1 Å². The highest BCUT2D eigenvalue weighted by Gasteiger charge is 2.30. The van der Waals surface area contributed by atoms with E-state index in [1.807, 2.05) is 13.8 Å². The summed E-state index contributed by atoms with van der Waals surface area (Å²) in [5, 5.41) is 6.35. The van der Waals surface area contributed by atoms with Gasteiger partial charge in [0.2, 0.25) is 5.95 Å². The molecular formula is C20H22ClFN6O3. The van der Waals surface area contributed by atoms with Crippen LogP contribution < -0.4 is 16.3 Å². The number of aryl methyl sites for hydroxylation is 1. The molecule has 1 atom stereocenters. The Bertz CT molecular complexity index is 1300. The fourth-order valence-electron chi connectivity index (χ4n) is 3.69. The molecule has 11 heteroatoms. The van der Waals surface area contributed by atoms with E-state index >= 15 is 0 Å². The van der Waals surface area contributed by atoms with E-state index in [1.165, 1.54) is 29.8 Å². The molecule has 4 rings (SSSR count). The minimum Gasteiger partial charge on any atom is -0.383 e. The van der Waals surface area contributed by atoms with Gasteiger partial charge in [-0.05, 0) is 26.0 Å². The van der Waals surface area contributed by atoms with E-state index in [9.17, 15) is 14.0 Å². The Kier molecular flexibility index (Phi) is 5.44. The lowest BCUT2D eigenvalue weighted by molar-refractivity contribution is 0.204. The second kappa shape index (κ2) is 7.93. The molecule has 1 unspecified atom stereocenters. The van der Waals surface area contributed by atoms with Crippen LogP contribution in [0.5, 0.6) is 0 Å². The highest BCUT2D eigenvalue weighted by molar-refractivity contribution is 6.31. The molecule has 0 saturated carbocycles. The fraction of sp³-hybridized carbons (Fsp3) is 0.400. The predicted molar refractivity (Wildman–Crippen MR) is 117 cm³/mol. The van der Waals surface area contributed by atoms with E-state index in [4.69, 9.17) is 16.3 Å². The van der Waals surface area contributed by atoms with Gasteiger partial charge in [0.1, 0.15) is 5.82 Å². The highest BCUT2D eigenvalue weighted by Crippen LogP contribution is 2.29. The quantitative estimate of drug-likeness (QED) is 0.597. The number of aromatic nitrogens is 4. The summed E-state index contributed by atoms with van der Waals surface area (Å²) in [4.78, 5) is 31.0. The van der Waals surface area contributed by atoms with E-state index in [-0.39, 0.29) is 34.3 Å². The van der Waals surface area contributed by atoms with Gasteiger partial charge in [0.15, 0.2) is 11.2 Å². The van der Waals surface area contributed by atoms with Gasteiger partial charge in [0, 0.05) is 24.7 Å². The first-order chi connectivity index (χ1) is 14.8. The molecule has 9 nitrogen and oxygen atoms in total. The van der Waals surface area contributed by atoms with E-state index in [0.29, 0.717) is 19.1 Å². The number of methoxy groups -OCH3 is 1. The average Bonchev–Trinajstić information content (AvgIpc) is 3.14. The Labute approximate surface area is 181 Å². The van der Waals surface area contributed by atoms with Crippen LogP contribution in [-0.2, 0) is 18.3 Å². The van der Waals surface area contributed by atoms with Gasteiger partial charge in [-0.15, -0.1) is 0 Å². The number of hydrogen-bond donors (Lipinski definition) is 0. The van der Waals surface area contributed by atoms with Gasteiger partial charge in [-0.25, -0.2) is 14.2 Å². The molecule has 0 amide bonds. The monoisotopic (exact) mass is 448 g/mol. The smallest absolute Gasteiger partial charge is 0.332 e. The maximum Gasteiger partial charge on any atom is 0.332 e. The molecule has 2 aromatic heterocycles. The van der Waals surface area contributed by atoms with Crippen LogP contribution in [0, 0.1) is 5.82 Å². The minimum atomic E-state index is -0.610. The topological polar surface area (TPSA) is 86.7 Å². The summed E-state index contributed by atoms with van der Waals surface area (Å²) in [5.41, 5.74) is 0.160. The Morgan fingerprint density at radius 3 is 2.71 bits per heavy atom. The number of hydrazone groups is 1. The summed E-state index contributed by atoms with van der Waals surface area (Å²) in [6.45, 7) is 4.31. The second-order valence-corrected chi connectivity index (χ2v) is 7.83. The fourth-order valence-corrected chi connectivity index (χ4v) is 3.91. The van der Waals surface area contributed by atoms with Crippen molar-refractivity contribution in [1.82, 2.24) is 18.7 Å². The molecule has 1 aromatic carbocycles. The molecule has 0 bridgehead atoms. The van der Waals surface area contributed by atoms with Crippen molar-refractivity contribution in [3.63, 3.8) is 0 Å². The Balaban J connectivity index is 1.97. The number of ether oxygens (including phenoxy) is 1. The molecule has 1 aliphatic rings. The lowest BCUT2D eigenvalue weighted by Crippen LogP contribution is -2.41. The number of nitrogens with zero attached hydrogens (tertiary/aromatic N) is 6. The Hall–Kier alpha value is -2.98. The van der Waals surface area contributed by atoms with Crippen molar-refractivity contribution in [3.8, 4) is 0 Å². The molecule has 0 saturated heterocycles. The number of rotatable bonds is 5. The number of anilines is 1. The summed E-state index contributed by atoms with van der Waals surface area (Å²) < 4.78 is 23.5. The standard InChI is InChI=1S/C20H22ClFN6O3/c1-11-12(2)28-16-17(23-19(28)27(24-11)8-9-31-4)25(3)20(30)26(18(16)29)10-13-14(21)6-5-7-15(13)22/h5-7,12H,8-10H2,1-4H3. The largest absolute Gasteiger partial charge is 0.383 e. The van der Waals surface area contributed by atoms with Gasteiger partial charge in [0.05, 0.1) is 31.4 Å². The first-order valence-corrected chi connectivity index (χ1v) is 10.1. The summed E-state index contributed by atoms with van der Waals surface area (Å²) in [6.07, 6.45) is 0. The maximum atomic E-state index is 14.3. The molecule has 1 aliphatic heterocycles. The van der Waals surface area contributed by atoms with Gasteiger partial charge in [0.25, 0.3) is 5.56 Å². The molecule has 3 aromatic rings. The van der Waals surface area contributed by atoms with E-state index in [0.717, 1.165) is 10.3 Å². The third-order valence-electron chi connectivity index (χ3n) is 5.54. The van der Waals surface area contributed by atoms with Crippen molar-refractivity contribution < 1.29 is 9.13 Å². The number of hydrogen-bond acceptors (Lipinski definition) is 6. The average molecular weight is 449 g/mol. The number of halogens is 2. The van der Waals surface area contributed by atoms with Crippen molar-refractivity contribution in [3.05, 3.63) is 55.4 Å². The molecule has 0 N–H and O–H groups in total. The Morgan fingerprint density at radius 2 is 2.03 bits per heavy atom. The normalized spacial score (nSPS) is 16.0. The van der Waals surface area contributed by atoms with Crippen molar-refractivity contribution in [1.29, 1.82) is 0 Å². The molecule has 0 radical (unpaired) electrons. The second-order valence-electron chi connectivity index (χ2n) is 7.42. The molecular weight excluding hydrogens is 427 g/mol. The van der Waals surface area contributed by atoms with Crippen LogP contribution in [0.2, 0.25) is 5.02 Å². The van der Waals surface area contributed by atoms with E-state index in [2.05, 4.69) is 10.1 Å². The number of imidazole rings is 1. The van der Waals surface area contributed by atoms with Crippen LogP contribution in [0.3, 0.4) is 0 Å². The number of fused-ring (bicyclic) bond motifs is 3. The maximum absolute atomic E-state index is 14.3. The van der Waals surface area contributed by atoms with Crippen LogP contribution in [0.1, 0.15) is 25.5 Å². The SMILES string of the molecule is COCCN1N=C(C)C(C)n2c1nc1c2c(=O)n(Cc2c(F)cccc2Cl)c(=O)n1C. The third kappa shape index (κ3) is 3.35. The van der Waals surface area contributed by atoms with Gasteiger partial charge in [-0.1, -0.05) is 17.7 Å². The van der Waals surface area contributed by atoms with Gasteiger partial charge in [-0.3, -0.25) is 18.5 Å². The van der Waals surface area contributed by atoms with Crippen LogP contribution >= 0.6 is 11.6 Å². The molecule has 0 aliphatic carbocycles. The minimum absolute atomic E-state index is 0.0774. The summed E-state index contributed by atoms with van der Waals surface area (Å²) in [5.74, 6) is -0.141. The van der Waals surface area contributed by atoms with E-state index in [1.54, 1.807) is 16.7 Å². The van der Waals surface area contributed by atoms with Crippen molar-refractivity contribution >= 4 is 34.4 Å². The molecule has 3 heterocycles. The summed E-state index contributed by atoms with van der Waals surface area (Å²) >= 11 is 6.13. The zero-order valence-corrected chi connectivity index (χ0v) is 18.4. The molecule has 0 fully saturated rings.